The van der Waals surface area contributed by atoms with Crippen LogP contribution in [0.5, 0.6) is 0 Å². The second-order valence-electron chi connectivity index (χ2n) is 3.27. The first-order chi connectivity index (χ1) is 7.25. The van der Waals surface area contributed by atoms with Crippen LogP contribution in [0.15, 0.2) is 18.2 Å². The van der Waals surface area contributed by atoms with Gasteiger partial charge in [-0.15, -0.1) is 10.2 Å². The second-order valence-corrected chi connectivity index (χ2v) is 3.27. The zero-order valence-corrected chi connectivity index (χ0v) is 8.36. The minimum absolute atomic E-state index is 0.504. The molecule has 1 aromatic heterocycles. The molecule has 0 bridgehead atoms. The fourth-order valence-electron chi connectivity index (χ4n) is 1.27. The maximum absolute atomic E-state index is 5.83. The average molecular weight is 204 g/mol. The van der Waals surface area contributed by atoms with E-state index in [0.717, 1.165) is 16.9 Å². The SMILES string of the molecule is Cc1ccc(NCc2nn[nH]n2)c(N)c1. The summed E-state index contributed by atoms with van der Waals surface area (Å²) in [5.41, 5.74) is 8.57. The number of aromatic amines is 1. The molecule has 78 valence electrons. The fraction of sp³-hybridized carbons (Fsp3) is 0.222. The van der Waals surface area contributed by atoms with Gasteiger partial charge in [0.2, 0.25) is 0 Å². The summed E-state index contributed by atoms with van der Waals surface area (Å²) in [6.07, 6.45) is 0. The number of tetrazole rings is 1. The van der Waals surface area contributed by atoms with Gasteiger partial charge in [0, 0.05) is 0 Å². The first kappa shape index (κ1) is 9.45. The van der Waals surface area contributed by atoms with Crippen molar-refractivity contribution in [3.63, 3.8) is 0 Å². The van der Waals surface area contributed by atoms with E-state index in [1.165, 1.54) is 0 Å². The summed E-state index contributed by atoms with van der Waals surface area (Å²) in [6, 6.07) is 5.85. The first-order valence-corrected chi connectivity index (χ1v) is 4.58. The zero-order valence-electron chi connectivity index (χ0n) is 8.36. The topological polar surface area (TPSA) is 92.5 Å². The highest BCUT2D eigenvalue weighted by molar-refractivity contribution is 5.66. The number of anilines is 2. The number of H-pyrrole nitrogens is 1. The van der Waals surface area contributed by atoms with Crippen molar-refractivity contribution >= 4 is 11.4 Å². The van der Waals surface area contributed by atoms with Crippen LogP contribution in [0, 0.1) is 6.92 Å². The third-order valence-corrected chi connectivity index (χ3v) is 2.03. The molecule has 1 aromatic carbocycles. The lowest BCUT2D eigenvalue weighted by Gasteiger charge is -2.07. The molecule has 0 aliphatic carbocycles. The Morgan fingerprint density at radius 3 is 3.00 bits per heavy atom. The Labute approximate surface area is 86.9 Å². The number of aromatic nitrogens is 4. The molecule has 6 nitrogen and oxygen atoms in total. The number of aryl methyl sites for hydroxylation is 1. The number of benzene rings is 1. The van der Waals surface area contributed by atoms with Crippen LogP contribution in [-0.4, -0.2) is 20.6 Å². The molecule has 0 radical (unpaired) electrons. The molecule has 4 N–H and O–H groups in total. The molecule has 0 atom stereocenters. The Morgan fingerprint density at radius 2 is 2.33 bits per heavy atom. The van der Waals surface area contributed by atoms with Crippen molar-refractivity contribution in [1.82, 2.24) is 20.6 Å². The highest BCUT2D eigenvalue weighted by Crippen LogP contribution is 2.19. The highest BCUT2D eigenvalue weighted by Gasteiger charge is 2.01. The van der Waals surface area contributed by atoms with Gasteiger partial charge in [0.15, 0.2) is 5.82 Å². The van der Waals surface area contributed by atoms with Gasteiger partial charge < -0.3 is 11.1 Å². The maximum atomic E-state index is 5.83. The normalized spacial score (nSPS) is 10.2. The van der Waals surface area contributed by atoms with Crippen molar-refractivity contribution in [2.24, 2.45) is 0 Å². The van der Waals surface area contributed by atoms with Gasteiger partial charge in [-0.1, -0.05) is 11.3 Å². The van der Waals surface area contributed by atoms with Gasteiger partial charge in [0.1, 0.15) is 0 Å². The fourth-order valence-corrected chi connectivity index (χ4v) is 1.27. The minimum Gasteiger partial charge on any atom is -0.397 e. The number of hydrogen-bond acceptors (Lipinski definition) is 5. The van der Waals surface area contributed by atoms with E-state index < -0.39 is 0 Å². The Kier molecular flexibility index (Phi) is 2.49. The maximum Gasteiger partial charge on any atom is 0.193 e. The molecular weight excluding hydrogens is 192 g/mol. The van der Waals surface area contributed by atoms with Gasteiger partial charge in [-0.2, -0.15) is 5.21 Å². The number of nitrogens with two attached hydrogens (primary N) is 1. The summed E-state index contributed by atoms with van der Waals surface area (Å²) in [5, 5.41) is 16.6. The first-order valence-electron chi connectivity index (χ1n) is 4.58. The smallest absolute Gasteiger partial charge is 0.193 e. The summed E-state index contributed by atoms with van der Waals surface area (Å²) in [6.45, 7) is 2.50. The van der Waals surface area contributed by atoms with Crippen LogP contribution in [-0.2, 0) is 6.54 Å². The molecule has 0 spiro atoms. The van der Waals surface area contributed by atoms with Crippen molar-refractivity contribution in [1.29, 1.82) is 0 Å². The third-order valence-electron chi connectivity index (χ3n) is 2.03. The molecule has 2 rings (SSSR count). The van der Waals surface area contributed by atoms with Gasteiger partial charge in [0.25, 0.3) is 0 Å². The summed E-state index contributed by atoms with van der Waals surface area (Å²) in [4.78, 5) is 0. The zero-order chi connectivity index (χ0) is 10.7. The standard InChI is InChI=1S/C9H12N6/c1-6-2-3-8(7(10)4-6)11-5-9-12-14-15-13-9/h2-4,11H,5,10H2,1H3,(H,12,13,14,15). The molecule has 0 amide bonds. The van der Waals surface area contributed by atoms with E-state index in [9.17, 15) is 0 Å². The molecule has 2 aromatic rings. The molecule has 0 unspecified atom stereocenters. The van der Waals surface area contributed by atoms with E-state index in [1.807, 2.05) is 25.1 Å². The predicted molar refractivity (Wildman–Crippen MR) is 57.1 cm³/mol. The Bertz CT molecular complexity index is 436. The molecule has 1 heterocycles. The summed E-state index contributed by atoms with van der Waals surface area (Å²) >= 11 is 0. The van der Waals surface area contributed by atoms with Crippen LogP contribution in [0.4, 0.5) is 11.4 Å². The average Bonchev–Trinajstić information content (AvgIpc) is 2.69. The molecule has 15 heavy (non-hydrogen) atoms. The molecule has 0 saturated carbocycles. The monoisotopic (exact) mass is 204 g/mol. The van der Waals surface area contributed by atoms with Crippen molar-refractivity contribution < 1.29 is 0 Å². The van der Waals surface area contributed by atoms with Gasteiger partial charge in [-0.05, 0) is 24.6 Å². The number of nitrogen functional groups attached to an aromatic ring is 1. The van der Waals surface area contributed by atoms with Gasteiger partial charge in [-0.3, -0.25) is 0 Å². The summed E-state index contributed by atoms with van der Waals surface area (Å²) < 4.78 is 0. The highest BCUT2D eigenvalue weighted by atomic mass is 15.5. The van der Waals surface area contributed by atoms with Gasteiger partial charge in [-0.25, -0.2) is 0 Å². The van der Waals surface area contributed by atoms with Gasteiger partial charge in [0.05, 0.1) is 17.9 Å². The van der Waals surface area contributed by atoms with Crippen LogP contribution in [0.1, 0.15) is 11.4 Å². The van der Waals surface area contributed by atoms with Crippen molar-refractivity contribution in [3.8, 4) is 0 Å². The molecule has 0 fully saturated rings. The lowest BCUT2D eigenvalue weighted by molar-refractivity contribution is 0.881. The summed E-state index contributed by atoms with van der Waals surface area (Å²) in [7, 11) is 0. The van der Waals surface area contributed by atoms with Crippen LogP contribution < -0.4 is 11.1 Å². The van der Waals surface area contributed by atoms with E-state index in [1.54, 1.807) is 0 Å². The van der Waals surface area contributed by atoms with Crippen LogP contribution in [0.2, 0.25) is 0 Å². The largest absolute Gasteiger partial charge is 0.397 e. The number of nitrogens with one attached hydrogen (secondary N) is 2. The summed E-state index contributed by atoms with van der Waals surface area (Å²) in [5.74, 6) is 0.606. The Hall–Kier alpha value is -2.11. The number of nitrogens with zero attached hydrogens (tertiary/aromatic N) is 3. The Balaban J connectivity index is 2.05. The molecule has 0 saturated heterocycles. The molecule has 0 aliphatic rings. The van der Waals surface area contributed by atoms with E-state index in [4.69, 9.17) is 5.73 Å². The molecule has 6 heteroatoms. The lowest BCUT2D eigenvalue weighted by Crippen LogP contribution is -2.04. The van der Waals surface area contributed by atoms with Crippen molar-refractivity contribution in [3.05, 3.63) is 29.6 Å². The van der Waals surface area contributed by atoms with Crippen molar-refractivity contribution in [2.45, 2.75) is 13.5 Å². The van der Waals surface area contributed by atoms with E-state index in [0.29, 0.717) is 12.4 Å². The van der Waals surface area contributed by atoms with E-state index in [-0.39, 0.29) is 0 Å². The number of rotatable bonds is 3. The molecular formula is C9H12N6. The quantitative estimate of drug-likeness (QED) is 0.640. The second kappa shape index (κ2) is 3.95. The molecule has 0 aliphatic heterocycles. The minimum atomic E-state index is 0.504. The lowest BCUT2D eigenvalue weighted by atomic mass is 10.2. The van der Waals surface area contributed by atoms with Gasteiger partial charge >= 0.3 is 0 Å². The third kappa shape index (κ3) is 2.22. The van der Waals surface area contributed by atoms with Crippen LogP contribution in [0.25, 0.3) is 0 Å². The van der Waals surface area contributed by atoms with Crippen molar-refractivity contribution in [2.75, 3.05) is 11.1 Å². The number of hydrogen-bond donors (Lipinski definition) is 3. The van der Waals surface area contributed by atoms with E-state index >= 15 is 0 Å². The predicted octanol–water partition coefficient (Wildman–Crippen LogP) is 0.702. The van der Waals surface area contributed by atoms with Crippen LogP contribution >= 0.6 is 0 Å². The van der Waals surface area contributed by atoms with Crippen LogP contribution in [0.3, 0.4) is 0 Å². The Morgan fingerprint density at radius 1 is 1.47 bits per heavy atom. The van der Waals surface area contributed by atoms with E-state index in [2.05, 4.69) is 25.9 Å².